The fourth-order valence-electron chi connectivity index (χ4n) is 1.78. The Morgan fingerprint density at radius 2 is 1.37 bits per heavy atom. The molecule has 0 amide bonds. The van der Waals surface area contributed by atoms with Gasteiger partial charge in [0, 0.05) is 17.5 Å². The van der Waals surface area contributed by atoms with E-state index < -0.39 is 5.97 Å². The smallest absolute Gasteiger partial charge is 0.545 e. The molecule has 0 aliphatic carbocycles. The van der Waals surface area contributed by atoms with E-state index in [-0.39, 0.29) is 52.9 Å². The van der Waals surface area contributed by atoms with Gasteiger partial charge in [0.1, 0.15) is 0 Å². The van der Waals surface area contributed by atoms with Crippen molar-refractivity contribution < 1.29 is 44.3 Å². The molecule has 4 heteroatoms. The molecular formula is C15H11NaO3. The molecule has 0 bridgehead atoms. The molecule has 0 aromatic heterocycles. The second kappa shape index (κ2) is 7.24. The van der Waals surface area contributed by atoms with E-state index in [2.05, 4.69) is 0 Å². The van der Waals surface area contributed by atoms with Crippen LogP contribution in [0.4, 0.5) is 0 Å². The van der Waals surface area contributed by atoms with Crippen LogP contribution < -0.4 is 34.7 Å². The third-order valence-electron chi connectivity index (χ3n) is 2.65. The first-order valence-corrected chi connectivity index (χ1v) is 5.56. The van der Waals surface area contributed by atoms with Crippen molar-refractivity contribution >= 4 is 11.8 Å². The molecule has 0 aliphatic rings. The van der Waals surface area contributed by atoms with E-state index in [1.165, 1.54) is 12.1 Å². The molecule has 0 fully saturated rings. The maximum absolute atomic E-state index is 12.0. The van der Waals surface area contributed by atoms with Crippen LogP contribution in [0.1, 0.15) is 26.3 Å². The number of carboxylic acid groups (broad SMARTS) is 1. The molecule has 0 heterocycles. The topological polar surface area (TPSA) is 57.2 Å². The van der Waals surface area contributed by atoms with E-state index in [0.29, 0.717) is 0 Å². The monoisotopic (exact) mass is 262 g/mol. The standard InChI is InChI=1S/C15H12O3.Na/c16-14(10-11-6-2-1-3-7-11)12-8-4-5-9-13(12)15(17)18;/h1-9H,10H2,(H,17,18);/q;+1/p-1. The Morgan fingerprint density at radius 1 is 0.842 bits per heavy atom. The molecule has 19 heavy (non-hydrogen) atoms. The van der Waals surface area contributed by atoms with Crippen molar-refractivity contribution in [3.8, 4) is 0 Å². The molecular weight excluding hydrogens is 251 g/mol. The zero-order valence-electron chi connectivity index (χ0n) is 10.6. The Labute approximate surface area is 133 Å². The first-order chi connectivity index (χ1) is 8.68. The maximum Gasteiger partial charge on any atom is 1.00 e. The van der Waals surface area contributed by atoms with Crippen LogP contribution in [0.15, 0.2) is 54.6 Å². The summed E-state index contributed by atoms with van der Waals surface area (Å²) >= 11 is 0. The maximum atomic E-state index is 12.0. The third kappa shape index (κ3) is 4.03. The van der Waals surface area contributed by atoms with Crippen molar-refractivity contribution in [3.05, 3.63) is 71.3 Å². The summed E-state index contributed by atoms with van der Waals surface area (Å²) in [6.45, 7) is 0. The van der Waals surface area contributed by atoms with Crippen molar-refractivity contribution in [2.24, 2.45) is 0 Å². The number of aromatic carboxylic acids is 1. The predicted molar refractivity (Wildman–Crippen MR) is 65.2 cm³/mol. The summed E-state index contributed by atoms with van der Waals surface area (Å²) < 4.78 is 0. The number of ketones is 1. The molecule has 0 atom stereocenters. The van der Waals surface area contributed by atoms with E-state index in [1.807, 2.05) is 30.3 Å². The van der Waals surface area contributed by atoms with E-state index in [0.717, 1.165) is 5.56 Å². The molecule has 3 nitrogen and oxygen atoms in total. The van der Waals surface area contributed by atoms with Gasteiger partial charge < -0.3 is 9.90 Å². The van der Waals surface area contributed by atoms with Crippen molar-refractivity contribution in [1.29, 1.82) is 0 Å². The molecule has 0 saturated carbocycles. The van der Waals surface area contributed by atoms with Crippen LogP contribution in [0.5, 0.6) is 0 Å². The van der Waals surface area contributed by atoms with Crippen LogP contribution in [-0.4, -0.2) is 11.8 Å². The number of benzene rings is 2. The summed E-state index contributed by atoms with van der Waals surface area (Å²) in [6, 6.07) is 15.3. The summed E-state index contributed by atoms with van der Waals surface area (Å²) in [6.07, 6.45) is 0.186. The second-order valence-corrected chi connectivity index (χ2v) is 3.92. The van der Waals surface area contributed by atoms with Crippen molar-refractivity contribution in [2.45, 2.75) is 6.42 Å². The SMILES string of the molecule is O=C([O-])c1ccccc1C(=O)Cc1ccccc1.[Na+]. The Morgan fingerprint density at radius 3 is 1.95 bits per heavy atom. The Kier molecular flexibility index (Phi) is 5.96. The fraction of sp³-hybridized carbons (Fsp3) is 0.0667. The molecule has 0 spiro atoms. The summed E-state index contributed by atoms with van der Waals surface area (Å²) in [5.74, 6) is -1.55. The zero-order valence-corrected chi connectivity index (χ0v) is 12.6. The number of carboxylic acids is 1. The number of carbonyl (C=O) groups is 2. The normalized spacial score (nSPS) is 9.47. The van der Waals surface area contributed by atoms with Crippen molar-refractivity contribution in [2.75, 3.05) is 0 Å². The van der Waals surface area contributed by atoms with Crippen LogP contribution in [-0.2, 0) is 6.42 Å². The van der Waals surface area contributed by atoms with E-state index in [9.17, 15) is 14.7 Å². The van der Waals surface area contributed by atoms with Crippen LogP contribution >= 0.6 is 0 Å². The zero-order chi connectivity index (χ0) is 13.0. The molecule has 2 rings (SSSR count). The largest absolute Gasteiger partial charge is 1.00 e. The third-order valence-corrected chi connectivity index (χ3v) is 2.65. The van der Waals surface area contributed by atoms with Crippen LogP contribution in [0.25, 0.3) is 0 Å². The van der Waals surface area contributed by atoms with E-state index in [1.54, 1.807) is 12.1 Å². The van der Waals surface area contributed by atoms with Gasteiger partial charge in [0.25, 0.3) is 0 Å². The average molecular weight is 262 g/mol. The Bertz CT molecular complexity index is 579. The van der Waals surface area contributed by atoms with Crippen molar-refractivity contribution in [1.82, 2.24) is 0 Å². The van der Waals surface area contributed by atoms with Crippen LogP contribution in [0.3, 0.4) is 0 Å². The first kappa shape index (κ1) is 15.6. The number of hydrogen-bond donors (Lipinski definition) is 0. The molecule has 0 N–H and O–H groups in total. The van der Waals surface area contributed by atoms with Gasteiger partial charge >= 0.3 is 29.6 Å². The van der Waals surface area contributed by atoms with Crippen molar-refractivity contribution in [3.63, 3.8) is 0 Å². The van der Waals surface area contributed by atoms with Crippen LogP contribution in [0, 0.1) is 0 Å². The van der Waals surface area contributed by atoms with Gasteiger partial charge in [-0.25, -0.2) is 0 Å². The summed E-state index contributed by atoms with van der Waals surface area (Å²) in [7, 11) is 0. The number of rotatable bonds is 4. The summed E-state index contributed by atoms with van der Waals surface area (Å²) in [5, 5.41) is 10.9. The van der Waals surface area contributed by atoms with Gasteiger partial charge in [0.15, 0.2) is 5.78 Å². The number of carbonyl (C=O) groups excluding carboxylic acids is 2. The van der Waals surface area contributed by atoms with Gasteiger partial charge in [-0.1, -0.05) is 54.6 Å². The van der Waals surface area contributed by atoms with E-state index in [4.69, 9.17) is 0 Å². The van der Waals surface area contributed by atoms with Gasteiger partial charge in [-0.3, -0.25) is 4.79 Å². The molecule has 0 saturated heterocycles. The first-order valence-electron chi connectivity index (χ1n) is 5.56. The fourth-order valence-corrected chi connectivity index (χ4v) is 1.78. The second-order valence-electron chi connectivity index (χ2n) is 3.92. The molecule has 90 valence electrons. The molecule has 2 aromatic carbocycles. The minimum atomic E-state index is -1.33. The quantitative estimate of drug-likeness (QED) is 0.497. The van der Waals surface area contributed by atoms with Gasteiger partial charge in [-0.05, 0) is 5.56 Å². The molecule has 0 aliphatic heterocycles. The summed E-state index contributed by atoms with van der Waals surface area (Å²) in [5.41, 5.74) is 0.996. The number of Topliss-reactive ketones (excluding diaryl/α,β-unsaturated/α-hetero) is 1. The van der Waals surface area contributed by atoms with Gasteiger partial charge in [-0.15, -0.1) is 0 Å². The minimum absolute atomic E-state index is 0. The van der Waals surface area contributed by atoms with Crippen LogP contribution in [0.2, 0.25) is 0 Å². The molecule has 2 aromatic rings. The van der Waals surface area contributed by atoms with Gasteiger partial charge in [0.05, 0.1) is 5.97 Å². The summed E-state index contributed by atoms with van der Waals surface area (Å²) in [4.78, 5) is 23.0. The average Bonchev–Trinajstić information content (AvgIpc) is 2.40. The molecule has 0 radical (unpaired) electrons. The predicted octanol–water partition coefficient (Wildman–Crippen LogP) is -1.52. The minimum Gasteiger partial charge on any atom is -0.545 e. The Hall–Kier alpha value is -1.42. The Balaban J connectivity index is 0.00000180. The molecule has 0 unspecified atom stereocenters. The van der Waals surface area contributed by atoms with E-state index >= 15 is 0 Å². The number of hydrogen-bond acceptors (Lipinski definition) is 3. The van der Waals surface area contributed by atoms with Gasteiger partial charge in [-0.2, -0.15) is 0 Å². The van der Waals surface area contributed by atoms with Gasteiger partial charge in [0.2, 0.25) is 0 Å².